The van der Waals surface area contributed by atoms with Crippen LogP contribution in [-0.4, -0.2) is 52.7 Å². The summed E-state index contributed by atoms with van der Waals surface area (Å²) >= 11 is 1.23. The van der Waals surface area contributed by atoms with Crippen LogP contribution >= 0.6 is 11.8 Å². The Hall–Kier alpha value is -2.13. The summed E-state index contributed by atoms with van der Waals surface area (Å²) in [6.07, 6.45) is -1.83. The van der Waals surface area contributed by atoms with Crippen LogP contribution < -0.4 is 0 Å². The third-order valence-corrected chi connectivity index (χ3v) is 4.60. The lowest BCUT2D eigenvalue weighted by atomic mass is 10.00. The van der Waals surface area contributed by atoms with Gasteiger partial charge in [0.15, 0.2) is 18.3 Å². The third kappa shape index (κ3) is 5.43. The van der Waals surface area contributed by atoms with Crippen LogP contribution in [0.5, 0.6) is 0 Å². The summed E-state index contributed by atoms with van der Waals surface area (Å²) in [5.74, 6) is -1.71. The van der Waals surface area contributed by atoms with E-state index in [0.717, 1.165) is 0 Å². The van der Waals surface area contributed by atoms with E-state index in [0.29, 0.717) is 5.03 Å². The van der Waals surface area contributed by atoms with Gasteiger partial charge in [0.1, 0.15) is 5.44 Å². The predicted octanol–water partition coefficient (Wildman–Crippen LogP) is 1.71. The molecule has 0 radical (unpaired) electrons. The molecule has 2 rings (SSSR count). The molecule has 0 bridgehead atoms. The molecule has 9 heteroatoms. The molecule has 142 valence electrons. The largest absolute Gasteiger partial charge is 0.456 e. The van der Waals surface area contributed by atoms with E-state index in [4.69, 9.17) is 18.9 Å². The maximum absolute atomic E-state index is 11.6. The zero-order chi connectivity index (χ0) is 19.3. The van der Waals surface area contributed by atoms with Crippen LogP contribution in [-0.2, 0) is 33.3 Å². The zero-order valence-corrected chi connectivity index (χ0v) is 15.7. The van der Waals surface area contributed by atoms with Crippen LogP contribution in [0.25, 0.3) is 0 Å². The van der Waals surface area contributed by atoms with E-state index in [-0.39, 0.29) is 0 Å². The van der Waals surface area contributed by atoms with Gasteiger partial charge in [-0.05, 0) is 19.1 Å². The molecule has 0 N–H and O–H groups in total. The summed E-state index contributed by atoms with van der Waals surface area (Å²) in [5.41, 5.74) is -0.694. The van der Waals surface area contributed by atoms with Gasteiger partial charge >= 0.3 is 17.9 Å². The highest BCUT2D eigenvalue weighted by Gasteiger charge is 2.50. The Morgan fingerprint density at radius 1 is 0.962 bits per heavy atom. The van der Waals surface area contributed by atoms with Gasteiger partial charge in [-0.3, -0.25) is 14.4 Å². The topological polar surface area (TPSA) is 101 Å². The minimum Gasteiger partial charge on any atom is -0.456 e. The molecule has 0 saturated carbocycles. The Morgan fingerprint density at radius 3 is 2.08 bits per heavy atom. The maximum Gasteiger partial charge on any atom is 0.303 e. The van der Waals surface area contributed by atoms with Gasteiger partial charge in [0.05, 0.1) is 11.1 Å². The number of rotatable bonds is 5. The van der Waals surface area contributed by atoms with Crippen molar-refractivity contribution in [2.75, 3.05) is 0 Å². The van der Waals surface area contributed by atoms with Crippen molar-refractivity contribution in [3.8, 4) is 0 Å². The lowest BCUT2D eigenvalue weighted by Crippen LogP contribution is -2.59. The second-order valence-corrected chi connectivity index (χ2v) is 6.84. The highest BCUT2D eigenvalue weighted by atomic mass is 32.2. The first-order valence-electron chi connectivity index (χ1n) is 8.02. The smallest absolute Gasteiger partial charge is 0.303 e. The molecule has 1 aromatic heterocycles. The predicted molar refractivity (Wildman–Crippen MR) is 91.1 cm³/mol. The Morgan fingerprint density at radius 2 is 1.54 bits per heavy atom. The Labute approximate surface area is 155 Å². The summed E-state index contributed by atoms with van der Waals surface area (Å²) in [6, 6.07) is 5.37. The summed E-state index contributed by atoms with van der Waals surface area (Å²) in [6.45, 7) is 5.41. The minimum absolute atomic E-state index is 0.556. The van der Waals surface area contributed by atoms with Gasteiger partial charge in [0.25, 0.3) is 0 Å². The van der Waals surface area contributed by atoms with Gasteiger partial charge < -0.3 is 18.9 Å². The summed E-state index contributed by atoms with van der Waals surface area (Å²) in [7, 11) is 0. The molecule has 0 aliphatic carbocycles. The fourth-order valence-corrected chi connectivity index (χ4v) is 3.69. The number of nitrogens with zero attached hydrogens (tertiary/aromatic N) is 1. The van der Waals surface area contributed by atoms with E-state index in [2.05, 4.69) is 4.98 Å². The molecule has 0 spiro atoms. The molecule has 0 amide bonds. The fraction of sp³-hybridized carbons (Fsp3) is 0.529. The monoisotopic (exact) mass is 383 g/mol. The number of carbonyl (C=O) groups excluding carboxylic acids is 3. The second-order valence-electron chi connectivity index (χ2n) is 5.72. The molecule has 26 heavy (non-hydrogen) atoms. The van der Waals surface area contributed by atoms with Gasteiger partial charge in [-0.1, -0.05) is 17.8 Å². The van der Waals surface area contributed by atoms with E-state index >= 15 is 0 Å². The van der Waals surface area contributed by atoms with Crippen molar-refractivity contribution in [3.05, 3.63) is 24.4 Å². The Balaban J connectivity index is 2.33. The molecule has 2 heterocycles. The molecule has 1 fully saturated rings. The van der Waals surface area contributed by atoms with Gasteiger partial charge in [-0.25, -0.2) is 4.98 Å². The molecule has 1 aliphatic heterocycles. The van der Waals surface area contributed by atoms with Crippen LogP contribution in [0, 0.1) is 0 Å². The van der Waals surface area contributed by atoms with Crippen molar-refractivity contribution in [2.24, 2.45) is 0 Å². The quantitative estimate of drug-likeness (QED) is 0.555. The number of hydrogen-bond acceptors (Lipinski definition) is 9. The van der Waals surface area contributed by atoms with E-state index in [1.807, 2.05) is 6.07 Å². The molecule has 1 aromatic rings. The number of pyridine rings is 1. The first-order valence-corrected chi connectivity index (χ1v) is 8.90. The number of thioether (sulfide) groups is 1. The van der Waals surface area contributed by atoms with Gasteiger partial charge in [0.2, 0.25) is 0 Å². The van der Waals surface area contributed by atoms with Crippen molar-refractivity contribution in [1.82, 2.24) is 4.98 Å². The van der Waals surface area contributed by atoms with Crippen molar-refractivity contribution in [3.63, 3.8) is 0 Å². The summed E-state index contributed by atoms with van der Waals surface area (Å²) in [4.78, 5) is 38.8. The highest BCUT2D eigenvalue weighted by Crippen LogP contribution is 2.36. The molecule has 1 saturated heterocycles. The fourth-order valence-electron chi connectivity index (χ4n) is 2.60. The second kappa shape index (κ2) is 9.00. The lowest BCUT2D eigenvalue weighted by Gasteiger charge is -2.43. The standard InChI is InChI=1S/C17H21NO7S/c1-9-14(23-10(2)19)15(24-11(3)20)16(25-12(4)21)17(22-9)26-13-7-5-6-8-18-13/h5-9,14-17H,1-4H3/t9-,14+,15+,16+,17+/m0/s1. The van der Waals surface area contributed by atoms with Crippen LogP contribution in [0.1, 0.15) is 27.7 Å². The highest BCUT2D eigenvalue weighted by molar-refractivity contribution is 7.99. The van der Waals surface area contributed by atoms with Crippen LogP contribution in [0.2, 0.25) is 0 Å². The van der Waals surface area contributed by atoms with Crippen molar-refractivity contribution < 1.29 is 33.3 Å². The van der Waals surface area contributed by atoms with E-state index in [1.54, 1.807) is 25.3 Å². The number of aromatic nitrogens is 1. The van der Waals surface area contributed by atoms with Crippen LogP contribution in [0.15, 0.2) is 29.4 Å². The minimum atomic E-state index is -0.995. The van der Waals surface area contributed by atoms with Crippen molar-refractivity contribution in [1.29, 1.82) is 0 Å². The molecule has 0 aromatic carbocycles. The first-order chi connectivity index (χ1) is 12.3. The van der Waals surface area contributed by atoms with Crippen LogP contribution in [0.4, 0.5) is 0 Å². The summed E-state index contributed by atoms with van der Waals surface area (Å²) in [5, 5.41) is 0.648. The third-order valence-electron chi connectivity index (χ3n) is 3.51. The van der Waals surface area contributed by atoms with Crippen molar-refractivity contribution in [2.45, 2.75) is 62.6 Å². The molecule has 8 nitrogen and oxygen atoms in total. The molecular weight excluding hydrogens is 362 g/mol. The average molecular weight is 383 g/mol. The van der Waals surface area contributed by atoms with Gasteiger partial charge in [-0.2, -0.15) is 0 Å². The van der Waals surface area contributed by atoms with E-state index in [1.165, 1.54) is 32.5 Å². The summed E-state index contributed by atoms with van der Waals surface area (Å²) < 4.78 is 21.9. The first kappa shape index (κ1) is 20.2. The molecular formula is C17H21NO7S. The van der Waals surface area contributed by atoms with Gasteiger partial charge in [-0.15, -0.1) is 0 Å². The normalized spacial score (nSPS) is 28.1. The Bertz CT molecular complexity index is 654. The SMILES string of the molecule is CC(=O)O[C@H]1[C@@H](OC(C)=O)[C@@H](Sc2ccccn2)O[C@@H](C)[C@H]1OC(C)=O. The number of esters is 3. The lowest BCUT2D eigenvalue weighted by molar-refractivity contribution is -0.229. The zero-order valence-electron chi connectivity index (χ0n) is 14.9. The van der Waals surface area contributed by atoms with Gasteiger partial charge in [0, 0.05) is 27.0 Å². The Kier molecular flexibility index (Phi) is 6.98. The molecule has 5 atom stereocenters. The van der Waals surface area contributed by atoms with E-state index in [9.17, 15) is 14.4 Å². The maximum atomic E-state index is 11.6. The van der Waals surface area contributed by atoms with E-state index < -0.39 is 47.8 Å². The molecule has 1 aliphatic rings. The number of carbonyl (C=O) groups is 3. The molecule has 0 unspecified atom stereocenters. The number of ether oxygens (including phenoxy) is 4. The van der Waals surface area contributed by atoms with Crippen molar-refractivity contribution >= 4 is 29.7 Å². The average Bonchev–Trinajstić information content (AvgIpc) is 2.54. The number of hydrogen-bond donors (Lipinski definition) is 0. The van der Waals surface area contributed by atoms with Crippen LogP contribution in [0.3, 0.4) is 0 Å².